The molecule has 0 radical (unpaired) electrons. The van der Waals surface area contributed by atoms with Crippen molar-refractivity contribution in [3.63, 3.8) is 0 Å². The molecule has 1 aromatic rings. The van der Waals surface area contributed by atoms with Crippen LogP contribution in [-0.2, 0) is 20.7 Å². The van der Waals surface area contributed by atoms with E-state index in [0.29, 0.717) is 5.75 Å². The average Bonchev–Trinajstić information content (AvgIpc) is 2.81. The molecule has 0 amide bonds. The molecule has 3 aliphatic carbocycles. The first-order valence-corrected chi connectivity index (χ1v) is 10.1. The van der Waals surface area contributed by atoms with Crippen molar-refractivity contribution in [1.29, 1.82) is 0 Å². The van der Waals surface area contributed by atoms with Gasteiger partial charge in [-0.2, -0.15) is 0 Å². The number of carbonyl (C=O) groups is 2. The molecule has 1 aromatic carbocycles. The number of benzene rings is 1. The Balaban J connectivity index is 1.65. The fraction of sp³-hybridized carbons (Fsp3) is 0.636. The lowest BCUT2D eigenvalue weighted by molar-refractivity contribution is -0.161. The number of rotatable bonds is 2. The van der Waals surface area contributed by atoms with Gasteiger partial charge in [-0.3, -0.25) is 9.59 Å². The molecule has 0 unspecified atom stereocenters. The van der Waals surface area contributed by atoms with Crippen LogP contribution in [0.2, 0.25) is 0 Å². The molecule has 0 bridgehead atoms. The van der Waals surface area contributed by atoms with Crippen molar-refractivity contribution >= 4 is 11.9 Å². The van der Waals surface area contributed by atoms with Crippen molar-refractivity contribution in [3.8, 4) is 5.75 Å². The fourth-order valence-electron chi connectivity index (χ4n) is 6.21. The molecule has 2 fully saturated rings. The molecule has 2 N–H and O–H groups in total. The summed E-state index contributed by atoms with van der Waals surface area (Å²) in [5, 5.41) is 21.5. The lowest BCUT2D eigenvalue weighted by atomic mass is 9.55. The van der Waals surface area contributed by atoms with Crippen molar-refractivity contribution in [3.05, 3.63) is 29.3 Å². The summed E-state index contributed by atoms with van der Waals surface area (Å²) in [5.74, 6) is 0.194. The largest absolute Gasteiger partial charge is 0.459 e. The predicted molar refractivity (Wildman–Crippen MR) is 101 cm³/mol. The summed E-state index contributed by atoms with van der Waals surface area (Å²) >= 11 is 0. The highest BCUT2D eigenvalue weighted by atomic mass is 16.6. The van der Waals surface area contributed by atoms with Crippen LogP contribution >= 0.6 is 0 Å². The number of aryl methyl sites for hydroxylation is 1. The molecule has 4 rings (SSSR count). The van der Waals surface area contributed by atoms with Crippen LogP contribution in [0.5, 0.6) is 5.75 Å². The molecule has 0 saturated heterocycles. The minimum absolute atomic E-state index is 0.119. The summed E-state index contributed by atoms with van der Waals surface area (Å²) in [7, 11) is 0. The lowest BCUT2D eigenvalue weighted by Crippen LogP contribution is -2.47. The summed E-state index contributed by atoms with van der Waals surface area (Å²) in [6.45, 7) is 4.78. The molecule has 0 aliphatic heterocycles. The van der Waals surface area contributed by atoms with Crippen LogP contribution in [0.25, 0.3) is 0 Å². The summed E-state index contributed by atoms with van der Waals surface area (Å²) in [4.78, 5) is 22.8. The summed E-state index contributed by atoms with van der Waals surface area (Å²) in [6, 6.07) is 5.81. The third kappa shape index (κ3) is 2.94. The Bertz CT molecular complexity index is 804. The van der Waals surface area contributed by atoms with Crippen LogP contribution in [-0.4, -0.2) is 40.5 Å². The quantitative estimate of drug-likeness (QED) is 0.597. The molecule has 2 saturated carbocycles. The van der Waals surface area contributed by atoms with E-state index in [-0.39, 0.29) is 23.7 Å². The Morgan fingerprint density at radius 3 is 2.54 bits per heavy atom. The third-order valence-corrected chi connectivity index (χ3v) is 7.23. The van der Waals surface area contributed by atoms with E-state index in [1.807, 2.05) is 25.1 Å². The van der Waals surface area contributed by atoms with Gasteiger partial charge < -0.3 is 19.7 Å². The summed E-state index contributed by atoms with van der Waals surface area (Å²) in [5.41, 5.74) is 2.00. The Labute approximate surface area is 164 Å². The minimum atomic E-state index is -1.05. The van der Waals surface area contributed by atoms with E-state index >= 15 is 0 Å². The average molecular weight is 388 g/mol. The van der Waals surface area contributed by atoms with E-state index in [4.69, 9.17) is 9.47 Å². The second-order valence-electron chi connectivity index (χ2n) is 8.84. The van der Waals surface area contributed by atoms with Crippen molar-refractivity contribution < 1.29 is 29.3 Å². The van der Waals surface area contributed by atoms with Crippen molar-refractivity contribution in [2.45, 2.75) is 70.7 Å². The van der Waals surface area contributed by atoms with Crippen LogP contribution in [0, 0.1) is 17.3 Å². The first-order chi connectivity index (χ1) is 13.2. The molecule has 0 heterocycles. The van der Waals surface area contributed by atoms with Gasteiger partial charge in [-0.25, -0.2) is 0 Å². The highest BCUT2D eigenvalue weighted by Gasteiger charge is 2.64. The standard InChI is InChI=1S/C22H28O6/c1-11(23)27-14-5-7-15-13(10-14)4-6-17-16(15)8-9-22(3)18(17)19(25)20(26)21(22)28-12(2)24/h5,7,10,16-21,25-26H,4,6,8-9H2,1-3H3/t16-,17+,18-,19-,20+,21-,22-/m0/s1. The van der Waals surface area contributed by atoms with E-state index in [2.05, 4.69) is 0 Å². The van der Waals surface area contributed by atoms with Crippen molar-refractivity contribution in [2.24, 2.45) is 17.3 Å². The topological polar surface area (TPSA) is 93.1 Å². The Kier molecular flexibility index (Phi) is 4.74. The first-order valence-electron chi connectivity index (χ1n) is 10.1. The van der Waals surface area contributed by atoms with Crippen molar-refractivity contribution in [2.75, 3.05) is 0 Å². The smallest absolute Gasteiger partial charge is 0.308 e. The number of ether oxygens (including phenoxy) is 2. The molecule has 152 valence electrons. The maximum absolute atomic E-state index is 11.6. The van der Waals surface area contributed by atoms with Crippen LogP contribution in [0.4, 0.5) is 0 Å². The number of hydrogen-bond donors (Lipinski definition) is 2. The van der Waals surface area contributed by atoms with Crippen LogP contribution < -0.4 is 4.74 Å². The van der Waals surface area contributed by atoms with Gasteiger partial charge in [0.05, 0.1) is 6.10 Å². The zero-order chi connectivity index (χ0) is 20.2. The van der Waals surface area contributed by atoms with Crippen LogP contribution in [0.3, 0.4) is 0 Å². The highest BCUT2D eigenvalue weighted by Crippen LogP contribution is 2.61. The number of fused-ring (bicyclic) bond motifs is 5. The predicted octanol–water partition coefficient (Wildman–Crippen LogP) is 2.34. The Hall–Kier alpha value is -1.92. The van der Waals surface area contributed by atoms with Crippen LogP contribution in [0.15, 0.2) is 18.2 Å². The normalized spacial score (nSPS) is 38.8. The minimum Gasteiger partial charge on any atom is -0.459 e. The number of carbonyl (C=O) groups excluding carboxylic acids is 2. The molecule has 0 spiro atoms. The molecule has 0 aromatic heterocycles. The number of esters is 2. The Morgan fingerprint density at radius 1 is 1.11 bits per heavy atom. The monoisotopic (exact) mass is 388 g/mol. The summed E-state index contributed by atoms with van der Waals surface area (Å²) < 4.78 is 10.7. The first kappa shape index (κ1) is 19.4. The lowest BCUT2D eigenvalue weighted by Gasteiger charge is -2.50. The van der Waals surface area contributed by atoms with E-state index < -0.39 is 29.7 Å². The maximum Gasteiger partial charge on any atom is 0.308 e. The van der Waals surface area contributed by atoms with Gasteiger partial charge in [-0.1, -0.05) is 13.0 Å². The van der Waals surface area contributed by atoms with Gasteiger partial charge in [-0.15, -0.1) is 0 Å². The fourth-order valence-corrected chi connectivity index (χ4v) is 6.21. The van der Waals surface area contributed by atoms with Gasteiger partial charge in [0, 0.05) is 19.3 Å². The Morgan fingerprint density at radius 2 is 1.86 bits per heavy atom. The molecule has 28 heavy (non-hydrogen) atoms. The summed E-state index contributed by atoms with van der Waals surface area (Å²) in [6.07, 6.45) is 0.787. The van der Waals surface area contributed by atoms with Crippen molar-refractivity contribution in [1.82, 2.24) is 0 Å². The molecule has 6 nitrogen and oxygen atoms in total. The van der Waals surface area contributed by atoms with Gasteiger partial charge in [-0.05, 0) is 66.7 Å². The van der Waals surface area contributed by atoms with E-state index in [1.54, 1.807) is 0 Å². The number of aliphatic hydroxyl groups excluding tert-OH is 2. The van der Waals surface area contributed by atoms with E-state index in [0.717, 1.165) is 25.7 Å². The number of hydrogen-bond acceptors (Lipinski definition) is 6. The van der Waals surface area contributed by atoms with E-state index in [9.17, 15) is 19.8 Å². The zero-order valence-electron chi connectivity index (χ0n) is 16.6. The maximum atomic E-state index is 11.6. The molecule has 6 heteroatoms. The number of aliphatic hydroxyl groups is 2. The zero-order valence-corrected chi connectivity index (χ0v) is 16.6. The molecular formula is C22H28O6. The van der Waals surface area contributed by atoms with Gasteiger partial charge in [0.1, 0.15) is 18.0 Å². The molecule has 7 atom stereocenters. The SMILES string of the molecule is CC(=O)Oc1ccc2c(c1)CC[C@H]1[C@H]3[C@H](O)[C@@H](O)[C@H](OC(C)=O)[C@@]3(C)CC[C@@H]21. The van der Waals surface area contributed by atoms with Gasteiger partial charge in [0.2, 0.25) is 0 Å². The van der Waals surface area contributed by atoms with E-state index in [1.165, 1.54) is 25.0 Å². The second-order valence-corrected chi connectivity index (χ2v) is 8.84. The van der Waals surface area contributed by atoms with Gasteiger partial charge in [0.15, 0.2) is 0 Å². The highest BCUT2D eigenvalue weighted by molar-refractivity contribution is 5.69. The second kappa shape index (κ2) is 6.85. The molecule has 3 aliphatic rings. The van der Waals surface area contributed by atoms with Crippen LogP contribution in [0.1, 0.15) is 57.1 Å². The molecular weight excluding hydrogens is 360 g/mol. The third-order valence-electron chi connectivity index (χ3n) is 7.23. The van der Waals surface area contributed by atoms with Gasteiger partial charge >= 0.3 is 11.9 Å². The van der Waals surface area contributed by atoms with Gasteiger partial charge in [0.25, 0.3) is 0 Å².